The maximum Gasteiger partial charge on any atom is 0.224 e. The van der Waals surface area contributed by atoms with Crippen LogP contribution in [0, 0.1) is 0 Å². The van der Waals surface area contributed by atoms with Crippen LogP contribution in [0.15, 0.2) is 66.9 Å². The minimum Gasteiger partial charge on any atom is -0.497 e. The highest BCUT2D eigenvalue weighted by Crippen LogP contribution is 2.43. The number of carbonyl (C=O) groups is 1. The average Bonchev–Trinajstić information content (AvgIpc) is 3.39. The summed E-state index contributed by atoms with van der Waals surface area (Å²) < 4.78 is 17.9. The summed E-state index contributed by atoms with van der Waals surface area (Å²) in [4.78, 5) is 13.8. The van der Waals surface area contributed by atoms with Crippen LogP contribution in [0.4, 0.5) is 0 Å². The van der Waals surface area contributed by atoms with Crippen LogP contribution in [-0.2, 0) is 10.5 Å². The zero-order chi connectivity index (χ0) is 28.8. The fourth-order valence-electron chi connectivity index (χ4n) is 5.10. The fourth-order valence-corrected chi connectivity index (χ4v) is 5.37. The van der Waals surface area contributed by atoms with Gasteiger partial charge in [0.25, 0.3) is 0 Å². The van der Waals surface area contributed by atoms with Crippen LogP contribution in [0.2, 0.25) is 5.02 Å². The summed E-state index contributed by atoms with van der Waals surface area (Å²) in [6, 6.07) is 16.6. The molecule has 10 nitrogen and oxygen atoms in total. The molecule has 0 amide bonds. The predicted molar refractivity (Wildman–Crippen MR) is 145 cm³/mol. The summed E-state index contributed by atoms with van der Waals surface area (Å²) in [5.41, 5.74) is 1.41. The molecule has 3 aromatic carbocycles. The number of aliphatic hydroxyl groups excluding tert-OH is 4. The largest absolute Gasteiger partial charge is 0.497 e. The number of ether oxygens (including phenoxy) is 3. The molecule has 5 atom stereocenters. The lowest BCUT2D eigenvalue weighted by Gasteiger charge is -2.45. The van der Waals surface area contributed by atoms with Crippen LogP contribution >= 0.6 is 11.6 Å². The maximum absolute atomic E-state index is 13.8. The normalized spacial score (nSPS) is 24.7. The first kappa shape index (κ1) is 28.1. The van der Waals surface area contributed by atoms with Crippen LogP contribution in [-0.4, -0.2) is 81.1 Å². The third kappa shape index (κ3) is 4.43. The van der Waals surface area contributed by atoms with Crippen LogP contribution in [0.1, 0.15) is 21.5 Å². The van der Waals surface area contributed by atoms with Gasteiger partial charge < -0.3 is 44.3 Å². The molecule has 40 heavy (non-hydrogen) atoms. The molecule has 0 unspecified atom stereocenters. The Balaban J connectivity index is 1.71. The first-order valence-electron chi connectivity index (χ1n) is 12.4. The second-order valence-corrected chi connectivity index (χ2v) is 9.83. The summed E-state index contributed by atoms with van der Waals surface area (Å²) in [5.74, 6) is -2.09. The van der Waals surface area contributed by atoms with E-state index in [-0.39, 0.29) is 32.9 Å². The van der Waals surface area contributed by atoms with Crippen molar-refractivity contribution in [2.45, 2.75) is 30.2 Å². The Morgan fingerprint density at radius 1 is 1.00 bits per heavy atom. The van der Waals surface area contributed by atoms with Gasteiger partial charge in [-0.2, -0.15) is 0 Å². The minimum atomic E-state index is -2.57. The van der Waals surface area contributed by atoms with Gasteiger partial charge in [-0.1, -0.05) is 29.8 Å². The quantitative estimate of drug-likeness (QED) is 0.211. The molecule has 5 rings (SSSR count). The van der Waals surface area contributed by atoms with E-state index in [4.69, 9.17) is 25.8 Å². The summed E-state index contributed by atoms with van der Waals surface area (Å²) in [6.07, 6.45) is -5.45. The number of fused-ring (bicyclic) bond motifs is 1. The van der Waals surface area contributed by atoms with Crippen molar-refractivity contribution in [2.75, 3.05) is 20.8 Å². The lowest BCUT2D eigenvalue weighted by molar-refractivity contribution is -0.357. The van der Waals surface area contributed by atoms with E-state index in [1.807, 2.05) is 0 Å². The summed E-state index contributed by atoms with van der Waals surface area (Å²) in [7, 11) is 2.96. The number of para-hydroxylation sites is 1. The zero-order valence-corrected chi connectivity index (χ0v) is 22.3. The van der Waals surface area contributed by atoms with Gasteiger partial charge in [0, 0.05) is 28.8 Å². The number of benzene rings is 3. The van der Waals surface area contributed by atoms with E-state index >= 15 is 0 Å². The highest BCUT2D eigenvalue weighted by Gasteiger charge is 2.54. The fraction of sp³-hybridized carbons (Fsp3) is 0.276. The molecule has 0 radical (unpaired) electrons. The van der Waals surface area contributed by atoms with E-state index in [0.717, 1.165) is 0 Å². The third-order valence-electron chi connectivity index (χ3n) is 7.19. The molecule has 0 bridgehead atoms. The number of halogens is 1. The van der Waals surface area contributed by atoms with Crippen LogP contribution < -0.4 is 9.47 Å². The molecule has 0 spiro atoms. The molecule has 0 saturated carbocycles. The SMILES string of the molecule is COc1ccc(C(=O)c2ccccc2-n2cc([C@@]3(O)O[C@H](CO)[C@H](O)[C@H](O)[C@H]3O)c3c(Cl)cccc32)c(OC)c1. The monoisotopic (exact) mass is 569 g/mol. The Labute approximate surface area is 234 Å². The maximum atomic E-state index is 13.8. The van der Waals surface area contributed by atoms with Crippen molar-refractivity contribution in [3.8, 4) is 17.2 Å². The first-order valence-corrected chi connectivity index (χ1v) is 12.8. The number of aliphatic hydroxyl groups is 5. The lowest BCUT2D eigenvalue weighted by atomic mass is 9.88. The molecule has 1 saturated heterocycles. The van der Waals surface area contributed by atoms with E-state index in [2.05, 4.69) is 0 Å². The van der Waals surface area contributed by atoms with Crippen molar-refractivity contribution in [3.63, 3.8) is 0 Å². The molecule has 4 aromatic rings. The van der Waals surface area contributed by atoms with Crippen molar-refractivity contribution in [3.05, 3.63) is 88.6 Å². The molecule has 0 aliphatic carbocycles. The molecule has 1 fully saturated rings. The minimum absolute atomic E-state index is 0.0331. The van der Waals surface area contributed by atoms with Gasteiger partial charge in [0.2, 0.25) is 5.79 Å². The third-order valence-corrected chi connectivity index (χ3v) is 7.51. The van der Waals surface area contributed by atoms with Crippen molar-refractivity contribution in [1.29, 1.82) is 0 Å². The Hall–Kier alpha value is -3.48. The second kappa shape index (κ2) is 10.8. The molecule has 1 aliphatic rings. The number of methoxy groups -OCH3 is 2. The summed E-state index contributed by atoms with van der Waals surface area (Å²) >= 11 is 6.58. The van der Waals surface area contributed by atoms with Crippen LogP contribution in [0.25, 0.3) is 16.6 Å². The molecule has 1 aliphatic heterocycles. The van der Waals surface area contributed by atoms with Crippen molar-refractivity contribution in [2.24, 2.45) is 0 Å². The predicted octanol–water partition coefficient (Wildman–Crippen LogP) is 2.15. The number of rotatable bonds is 7. The molecular weight excluding hydrogens is 542 g/mol. The number of hydrogen-bond acceptors (Lipinski definition) is 9. The second-order valence-electron chi connectivity index (χ2n) is 9.42. The molecule has 2 heterocycles. The Morgan fingerprint density at radius 2 is 1.75 bits per heavy atom. The van der Waals surface area contributed by atoms with Crippen molar-refractivity contribution >= 4 is 28.3 Å². The number of carbonyl (C=O) groups excluding carboxylic acids is 1. The summed E-state index contributed by atoms with van der Waals surface area (Å²) in [6.45, 7) is -0.735. The Morgan fingerprint density at radius 3 is 2.45 bits per heavy atom. The van der Waals surface area contributed by atoms with Crippen LogP contribution in [0.3, 0.4) is 0 Å². The molecule has 5 N–H and O–H groups in total. The van der Waals surface area contributed by atoms with Crippen molar-refractivity contribution < 1.29 is 44.5 Å². The van der Waals surface area contributed by atoms with Gasteiger partial charge in [-0.3, -0.25) is 4.79 Å². The highest BCUT2D eigenvalue weighted by molar-refractivity contribution is 6.35. The number of aromatic nitrogens is 1. The Bertz CT molecular complexity index is 1570. The van der Waals surface area contributed by atoms with E-state index in [1.54, 1.807) is 65.2 Å². The number of hydrogen-bond donors (Lipinski definition) is 5. The average molecular weight is 570 g/mol. The zero-order valence-electron chi connectivity index (χ0n) is 21.6. The van der Waals surface area contributed by atoms with E-state index in [1.165, 1.54) is 20.4 Å². The highest BCUT2D eigenvalue weighted by atomic mass is 35.5. The van der Waals surface area contributed by atoms with E-state index in [9.17, 15) is 30.3 Å². The van der Waals surface area contributed by atoms with Gasteiger partial charge in [-0.15, -0.1) is 0 Å². The molecule has 1 aromatic heterocycles. The summed E-state index contributed by atoms with van der Waals surface area (Å²) in [5, 5.41) is 53.4. The van der Waals surface area contributed by atoms with Crippen LogP contribution in [0.5, 0.6) is 11.5 Å². The van der Waals surface area contributed by atoms with Gasteiger partial charge in [0.05, 0.1) is 42.6 Å². The molecular formula is C29H28ClNO9. The van der Waals surface area contributed by atoms with E-state index in [0.29, 0.717) is 22.7 Å². The van der Waals surface area contributed by atoms with Gasteiger partial charge >= 0.3 is 0 Å². The van der Waals surface area contributed by atoms with Gasteiger partial charge in [-0.05, 0) is 36.4 Å². The molecule has 11 heteroatoms. The topological polar surface area (TPSA) is 151 Å². The Kier molecular flexibility index (Phi) is 7.60. The van der Waals surface area contributed by atoms with Gasteiger partial charge in [0.15, 0.2) is 5.78 Å². The number of ketones is 1. The van der Waals surface area contributed by atoms with Gasteiger partial charge in [-0.25, -0.2) is 0 Å². The number of nitrogens with zero attached hydrogens (tertiary/aromatic N) is 1. The lowest BCUT2D eigenvalue weighted by Crippen LogP contribution is -2.63. The van der Waals surface area contributed by atoms with Gasteiger partial charge in [0.1, 0.15) is 35.9 Å². The standard InChI is InChI=1S/C29H28ClNO9/c1-38-15-10-11-17(22(12-15)39-2)25(33)16-6-3-4-8-20(16)31-13-18(24-19(30)7-5-9-21(24)31)29(37)28(36)27(35)26(34)23(14-32)40-29/h3-13,23,26-28,32,34-37H,14H2,1-2H3/t23-,26+,27+,28-,29-/m1/s1. The molecule has 210 valence electrons. The van der Waals surface area contributed by atoms with E-state index < -0.39 is 36.8 Å². The van der Waals surface area contributed by atoms with Crippen molar-refractivity contribution in [1.82, 2.24) is 4.57 Å². The smallest absolute Gasteiger partial charge is 0.224 e. The first-order chi connectivity index (χ1) is 19.2.